The number of aliphatic hydroxyl groups excluding tert-OH is 1. The molecule has 0 bridgehead atoms. The van der Waals surface area contributed by atoms with Gasteiger partial charge in [-0.3, -0.25) is 4.79 Å². The van der Waals surface area contributed by atoms with E-state index in [1.807, 2.05) is 6.92 Å². The molecule has 0 saturated carbocycles. The van der Waals surface area contributed by atoms with E-state index in [-0.39, 0.29) is 16.4 Å². The molecule has 5 heteroatoms. The van der Waals surface area contributed by atoms with Crippen molar-refractivity contribution in [3.8, 4) is 0 Å². The van der Waals surface area contributed by atoms with E-state index in [1.54, 1.807) is 18.7 Å². The molecule has 0 aromatic rings. The van der Waals surface area contributed by atoms with Crippen LogP contribution in [0.2, 0.25) is 0 Å². The monoisotopic (exact) mass is 219 g/mol. The molecule has 1 aliphatic rings. The maximum Gasteiger partial charge on any atom is 0.304 e. The Morgan fingerprint density at radius 2 is 2.14 bits per heavy atom. The first kappa shape index (κ1) is 11.8. The molecule has 1 rings (SSSR count). The van der Waals surface area contributed by atoms with Crippen LogP contribution in [0.1, 0.15) is 20.3 Å². The predicted octanol–water partition coefficient (Wildman–Crippen LogP) is 0.306. The SMILES string of the molecule is CC(O)C(C)SC1(CC(=O)O)CNC1. The lowest BCUT2D eigenvalue weighted by Gasteiger charge is -2.43. The van der Waals surface area contributed by atoms with Gasteiger partial charge in [0.15, 0.2) is 0 Å². The van der Waals surface area contributed by atoms with E-state index in [0.29, 0.717) is 0 Å². The molecule has 82 valence electrons. The third kappa shape index (κ3) is 2.87. The van der Waals surface area contributed by atoms with Gasteiger partial charge in [-0.25, -0.2) is 0 Å². The number of carbonyl (C=O) groups is 1. The number of hydrogen-bond acceptors (Lipinski definition) is 4. The first-order valence-electron chi connectivity index (χ1n) is 4.74. The average molecular weight is 219 g/mol. The van der Waals surface area contributed by atoms with Gasteiger partial charge in [-0.15, -0.1) is 11.8 Å². The number of nitrogens with one attached hydrogen (secondary N) is 1. The highest BCUT2D eigenvalue weighted by atomic mass is 32.2. The summed E-state index contributed by atoms with van der Waals surface area (Å²) >= 11 is 1.58. The Balaban J connectivity index is 2.49. The van der Waals surface area contributed by atoms with Crippen molar-refractivity contribution in [2.45, 2.75) is 36.4 Å². The summed E-state index contributed by atoms with van der Waals surface area (Å²) in [6.45, 7) is 5.11. The highest BCUT2D eigenvalue weighted by Gasteiger charge is 2.41. The van der Waals surface area contributed by atoms with Gasteiger partial charge in [-0.2, -0.15) is 0 Å². The normalized spacial score (nSPS) is 23.6. The maximum atomic E-state index is 10.7. The van der Waals surface area contributed by atoms with E-state index in [0.717, 1.165) is 13.1 Å². The quantitative estimate of drug-likeness (QED) is 0.620. The van der Waals surface area contributed by atoms with E-state index >= 15 is 0 Å². The third-order valence-electron chi connectivity index (χ3n) is 2.48. The third-order valence-corrected chi connectivity index (χ3v) is 4.18. The number of carboxylic acids is 1. The van der Waals surface area contributed by atoms with Crippen molar-refractivity contribution in [1.29, 1.82) is 0 Å². The number of thioether (sulfide) groups is 1. The predicted molar refractivity (Wildman–Crippen MR) is 56.6 cm³/mol. The number of aliphatic carboxylic acids is 1. The van der Waals surface area contributed by atoms with Gasteiger partial charge in [0.25, 0.3) is 0 Å². The van der Waals surface area contributed by atoms with Crippen LogP contribution in [0.4, 0.5) is 0 Å². The molecule has 14 heavy (non-hydrogen) atoms. The molecule has 4 nitrogen and oxygen atoms in total. The van der Waals surface area contributed by atoms with Crippen LogP contribution in [-0.4, -0.2) is 45.4 Å². The van der Waals surface area contributed by atoms with E-state index in [2.05, 4.69) is 5.32 Å². The number of carboxylic acid groups (broad SMARTS) is 1. The zero-order valence-electron chi connectivity index (χ0n) is 8.49. The Kier molecular flexibility index (Phi) is 3.80. The molecule has 0 spiro atoms. The lowest BCUT2D eigenvalue weighted by atomic mass is 9.98. The first-order chi connectivity index (χ1) is 6.45. The molecule has 1 saturated heterocycles. The molecule has 2 unspecified atom stereocenters. The molecule has 0 aromatic carbocycles. The highest BCUT2D eigenvalue weighted by Crippen LogP contribution is 2.37. The van der Waals surface area contributed by atoms with Crippen LogP contribution in [-0.2, 0) is 4.79 Å². The minimum Gasteiger partial charge on any atom is -0.481 e. The molecular weight excluding hydrogens is 202 g/mol. The van der Waals surface area contributed by atoms with Gasteiger partial charge in [0.05, 0.1) is 17.3 Å². The van der Waals surface area contributed by atoms with E-state index in [1.165, 1.54) is 0 Å². The minimum atomic E-state index is -0.767. The second-order valence-corrected chi connectivity index (χ2v) is 5.77. The van der Waals surface area contributed by atoms with Crippen LogP contribution >= 0.6 is 11.8 Å². The number of hydrogen-bond donors (Lipinski definition) is 3. The lowest BCUT2D eigenvalue weighted by molar-refractivity contribution is -0.138. The average Bonchev–Trinajstić information content (AvgIpc) is 1.99. The Labute approximate surface area is 88.1 Å². The standard InChI is InChI=1S/C9H17NO3S/c1-6(11)7(2)14-9(3-8(12)13)4-10-5-9/h6-7,10-11H,3-5H2,1-2H3,(H,12,13). The maximum absolute atomic E-state index is 10.7. The van der Waals surface area contributed by atoms with Gasteiger partial charge >= 0.3 is 5.97 Å². The fourth-order valence-corrected chi connectivity index (χ4v) is 2.99. The van der Waals surface area contributed by atoms with Gasteiger partial charge in [-0.1, -0.05) is 6.92 Å². The number of aliphatic hydroxyl groups is 1. The summed E-state index contributed by atoms with van der Waals surface area (Å²) in [7, 11) is 0. The van der Waals surface area contributed by atoms with Gasteiger partial charge in [0.1, 0.15) is 0 Å². The van der Waals surface area contributed by atoms with Crippen LogP contribution < -0.4 is 5.32 Å². The molecule has 0 aromatic heterocycles. The molecular formula is C9H17NO3S. The fraction of sp³-hybridized carbons (Fsp3) is 0.889. The Bertz CT molecular complexity index is 216. The summed E-state index contributed by atoms with van der Waals surface area (Å²) in [6, 6.07) is 0. The molecule has 1 heterocycles. The van der Waals surface area contributed by atoms with Crippen molar-refractivity contribution in [3.63, 3.8) is 0 Å². The smallest absolute Gasteiger partial charge is 0.304 e. The van der Waals surface area contributed by atoms with Crippen LogP contribution in [0.5, 0.6) is 0 Å². The summed E-state index contributed by atoms with van der Waals surface area (Å²) < 4.78 is -0.206. The second kappa shape index (κ2) is 4.51. The van der Waals surface area contributed by atoms with Crippen LogP contribution in [0.3, 0.4) is 0 Å². The zero-order valence-corrected chi connectivity index (χ0v) is 9.30. The van der Waals surface area contributed by atoms with E-state index in [9.17, 15) is 9.90 Å². The van der Waals surface area contributed by atoms with Gasteiger partial charge in [0, 0.05) is 18.3 Å². The molecule has 1 fully saturated rings. The molecule has 1 aliphatic heterocycles. The summed E-state index contributed by atoms with van der Waals surface area (Å²) in [5.41, 5.74) is 0. The fourth-order valence-electron chi connectivity index (χ4n) is 1.42. The van der Waals surface area contributed by atoms with Crippen LogP contribution in [0.25, 0.3) is 0 Å². The summed E-state index contributed by atoms with van der Waals surface area (Å²) in [5.74, 6) is -0.767. The Hall–Kier alpha value is -0.260. The van der Waals surface area contributed by atoms with Crippen molar-refractivity contribution in [2.24, 2.45) is 0 Å². The summed E-state index contributed by atoms with van der Waals surface area (Å²) in [6.07, 6.45) is -0.229. The first-order valence-corrected chi connectivity index (χ1v) is 5.61. The molecule has 0 aliphatic carbocycles. The number of rotatable bonds is 5. The van der Waals surface area contributed by atoms with Crippen LogP contribution in [0.15, 0.2) is 0 Å². The molecule has 2 atom stereocenters. The van der Waals surface area contributed by atoms with E-state index < -0.39 is 12.1 Å². The van der Waals surface area contributed by atoms with Gasteiger partial charge in [0.2, 0.25) is 0 Å². The van der Waals surface area contributed by atoms with Crippen molar-refractivity contribution in [1.82, 2.24) is 5.32 Å². The zero-order chi connectivity index (χ0) is 10.8. The molecule has 0 amide bonds. The molecule has 0 radical (unpaired) electrons. The summed E-state index contributed by atoms with van der Waals surface area (Å²) in [5, 5.41) is 21.3. The van der Waals surface area contributed by atoms with E-state index in [4.69, 9.17) is 5.11 Å². The molecule has 3 N–H and O–H groups in total. The minimum absolute atomic E-state index is 0.0800. The Morgan fingerprint density at radius 3 is 2.43 bits per heavy atom. The van der Waals surface area contributed by atoms with Crippen molar-refractivity contribution < 1.29 is 15.0 Å². The van der Waals surface area contributed by atoms with Crippen LogP contribution in [0, 0.1) is 0 Å². The largest absolute Gasteiger partial charge is 0.481 e. The second-order valence-electron chi connectivity index (χ2n) is 3.92. The highest BCUT2D eigenvalue weighted by molar-refractivity contribution is 8.01. The summed E-state index contributed by atoms with van der Waals surface area (Å²) in [4.78, 5) is 10.7. The van der Waals surface area contributed by atoms with Gasteiger partial charge in [-0.05, 0) is 6.92 Å². The van der Waals surface area contributed by atoms with Crippen molar-refractivity contribution >= 4 is 17.7 Å². The lowest BCUT2D eigenvalue weighted by Crippen LogP contribution is -2.59. The van der Waals surface area contributed by atoms with Crippen molar-refractivity contribution in [2.75, 3.05) is 13.1 Å². The van der Waals surface area contributed by atoms with Crippen molar-refractivity contribution in [3.05, 3.63) is 0 Å². The van der Waals surface area contributed by atoms with Gasteiger partial charge < -0.3 is 15.5 Å². The topological polar surface area (TPSA) is 69.6 Å². The Morgan fingerprint density at radius 1 is 1.57 bits per heavy atom.